The first kappa shape index (κ1) is 15.7. The van der Waals surface area contributed by atoms with Crippen LogP contribution in [0.1, 0.15) is 20.8 Å². The second-order valence-corrected chi connectivity index (χ2v) is 1.50. The van der Waals surface area contributed by atoms with Crippen molar-refractivity contribution in [1.29, 1.82) is 0 Å². The summed E-state index contributed by atoms with van der Waals surface area (Å²) in [6.07, 6.45) is 0. The SMILES string of the molecule is C[C-](C)C.[CH3-].[Y]. The Hall–Kier alpha value is 1.10. The quantitative estimate of drug-likeness (QED) is 0.477. The van der Waals surface area contributed by atoms with Crippen LogP contribution in [-0.2, 0) is 32.7 Å². The second-order valence-electron chi connectivity index (χ2n) is 1.50. The Bertz CT molecular complexity index is 8.66. The zero-order chi connectivity index (χ0) is 3.58. The van der Waals surface area contributed by atoms with E-state index in [0.29, 0.717) is 0 Å². The van der Waals surface area contributed by atoms with Crippen molar-refractivity contribution in [2.45, 2.75) is 20.8 Å². The maximum atomic E-state index is 2.08. The van der Waals surface area contributed by atoms with Gasteiger partial charge in [0.1, 0.15) is 0 Å². The van der Waals surface area contributed by atoms with E-state index >= 15 is 0 Å². The molecule has 0 nitrogen and oxygen atoms in total. The van der Waals surface area contributed by atoms with Crippen LogP contribution in [-0.4, -0.2) is 0 Å². The van der Waals surface area contributed by atoms with E-state index < -0.39 is 0 Å². The Morgan fingerprint density at radius 2 is 1.00 bits per heavy atom. The molecule has 0 saturated carbocycles. The average molecular weight is 161 g/mol. The molecule has 0 aliphatic heterocycles. The number of rotatable bonds is 0. The van der Waals surface area contributed by atoms with Gasteiger partial charge in [-0.05, 0) is 0 Å². The summed E-state index contributed by atoms with van der Waals surface area (Å²) in [6, 6.07) is 0. The Balaban J connectivity index is -0.0000000450. The molecular weight excluding hydrogens is 149 g/mol. The van der Waals surface area contributed by atoms with Gasteiger partial charge in [-0.15, -0.1) is 0 Å². The molecule has 6 heavy (non-hydrogen) atoms. The van der Waals surface area contributed by atoms with E-state index in [2.05, 4.69) is 20.8 Å². The maximum absolute atomic E-state index is 2.08. The topological polar surface area (TPSA) is 0 Å². The van der Waals surface area contributed by atoms with Gasteiger partial charge < -0.3 is 13.3 Å². The van der Waals surface area contributed by atoms with Crippen LogP contribution in [0.2, 0.25) is 0 Å². The summed E-state index contributed by atoms with van der Waals surface area (Å²) in [4.78, 5) is 0. The molecule has 0 aromatic carbocycles. The molecule has 0 rings (SSSR count). The van der Waals surface area contributed by atoms with Gasteiger partial charge in [0.25, 0.3) is 0 Å². The smallest absolute Gasteiger partial charge is 0 e. The maximum Gasteiger partial charge on any atom is 0 e. The second kappa shape index (κ2) is 9.44. The first-order valence-corrected chi connectivity index (χ1v) is 1.50. The van der Waals surface area contributed by atoms with Gasteiger partial charge in [-0.3, -0.25) is 0 Å². The monoisotopic (exact) mass is 161 g/mol. The minimum absolute atomic E-state index is 0. The molecule has 0 unspecified atom stereocenters. The average Bonchev–Trinajstić information content (AvgIpc) is 0.811. The number of hydrogen-bond acceptors (Lipinski definition) is 0. The van der Waals surface area contributed by atoms with Crippen LogP contribution in [0.15, 0.2) is 0 Å². The van der Waals surface area contributed by atoms with Gasteiger partial charge in [-0.2, -0.15) is 20.8 Å². The molecule has 1 radical (unpaired) electrons. The van der Waals surface area contributed by atoms with E-state index in [-0.39, 0.29) is 40.1 Å². The van der Waals surface area contributed by atoms with Crippen molar-refractivity contribution in [3.05, 3.63) is 13.3 Å². The van der Waals surface area contributed by atoms with Crippen LogP contribution in [0, 0.1) is 13.3 Å². The van der Waals surface area contributed by atoms with Gasteiger partial charge in [0.15, 0.2) is 0 Å². The van der Waals surface area contributed by atoms with E-state index in [1.165, 1.54) is 5.92 Å². The van der Waals surface area contributed by atoms with Crippen molar-refractivity contribution in [2.75, 3.05) is 0 Å². The van der Waals surface area contributed by atoms with Crippen molar-refractivity contribution >= 4 is 0 Å². The zero-order valence-corrected chi connectivity index (χ0v) is 7.92. The first-order valence-electron chi connectivity index (χ1n) is 1.50. The van der Waals surface area contributed by atoms with Gasteiger partial charge in [-0.25, -0.2) is 0 Å². The van der Waals surface area contributed by atoms with Crippen LogP contribution in [0.4, 0.5) is 0 Å². The summed E-state index contributed by atoms with van der Waals surface area (Å²) >= 11 is 0. The molecule has 0 fully saturated rings. The van der Waals surface area contributed by atoms with E-state index in [1.54, 1.807) is 0 Å². The molecule has 0 amide bonds. The van der Waals surface area contributed by atoms with Gasteiger partial charge in [0, 0.05) is 32.7 Å². The molecule has 0 aliphatic carbocycles. The fraction of sp³-hybridized carbons (Fsp3) is 0.600. The summed E-state index contributed by atoms with van der Waals surface area (Å²) in [6.45, 7) is 6.25. The number of hydrogen-bond donors (Lipinski definition) is 0. The Labute approximate surface area is 66.6 Å². The fourth-order valence-corrected chi connectivity index (χ4v) is 0. The largest absolute Gasteiger partial charge is 0.358 e. The normalized spacial score (nSPS) is 6.00. The Kier molecular flexibility index (Phi) is 24.7. The molecule has 0 atom stereocenters. The zero-order valence-electron chi connectivity index (χ0n) is 5.08. The predicted molar refractivity (Wildman–Crippen MR) is 26.7 cm³/mol. The standard InChI is InChI=1S/C4H9.CH3.Y/c1-4(2)3;;/h1-3H3;1H3;/q2*-1;. The van der Waals surface area contributed by atoms with Crippen molar-refractivity contribution in [1.82, 2.24) is 0 Å². The van der Waals surface area contributed by atoms with E-state index in [1.807, 2.05) is 0 Å². The van der Waals surface area contributed by atoms with Crippen LogP contribution in [0.25, 0.3) is 0 Å². The van der Waals surface area contributed by atoms with E-state index in [0.717, 1.165) is 0 Å². The first-order chi connectivity index (χ1) is 1.73. The van der Waals surface area contributed by atoms with Crippen LogP contribution in [0.3, 0.4) is 0 Å². The third-order valence-corrected chi connectivity index (χ3v) is 0. The fourth-order valence-electron chi connectivity index (χ4n) is 0. The van der Waals surface area contributed by atoms with E-state index in [9.17, 15) is 0 Å². The van der Waals surface area contributed by atoms with Crippen LogP contribution < -0.4 is 0 Å². The Morgan fingerprint density at radius 3 is 1.00 bits per heavy atom. The summed E-state index contributed by atoms with van der Waals surface area (Å²) < 4.78 is 0. The predicted octanol–water partition coefficient (Wildman–Crippen LogP) is 2.07. The molecule has 1 heteroatoms. The summed E-state index contributed by atoms with van der Waals surface area (Å²) in [5.41, 5.74) is 0. The van der Waals surface area contributed by atoms with E-state index in [4.69, 9.17) is 0 Å². The molecule has 0 saturated heterocycles. The molecule has 0 heterocycles. The summed E-state index contributed by atoms with van der Waals surface area (Å²) in [5.74, 6) is 1.42. The molecular formula is C5H12Y-2. The van der Waals surface area contributed by atoms with Gasteiger partial charge in [0.05, 0.1) is 0 Å². The van der Waals surface area contributed by atoms with Crippen molar-refractivity contribution < 1.29 is 32.7 Å². The molecule has 0 spiro atoms. The van der Waals surface area contributed by atoms with Gasteiger partial charge in [0.2, 0.25) is 0 Å². The van der Waals surface area contributed by atoms with Crippen molar-refractivity contribution in [3.8, 4) is 0 Å². The third kappa shape index (κ3) is 70.5. The van der Waals surface area contributed by atoms with Gasteiger partial charge in [-0.1, -0.05) is 0 Å². The van der Waals surface area contributed by atoms with Gasteiger partial charge >= 0.3 is 0 Å². The van der Waals surface area contributed by atoms with Crippen LogP contribution >= 0.6 is 0 Å². The minimum atomic E-state index is 0. The summed E-state index contributed by atoms with van der Waals surface area (Å²) in [5, 5.41) is 0. The molecule has 0 aliphatic rings. The van der Waals surface area contributed by atoms with Crippen molar-refractivity contribution in [3.63, 3.8) is 0 Å². The molecule has 0 bridgehead atoms. The molecule has 0 aromatic heterocycles. The molecule has 37 valence electrons. The van der Waals surface area contributed by atoms with Crippen LogP contribution in [0.5, 0.6) is 0 Å². The Morgan fingerprint density at radius 1 is 1.00 bits per heavy atom. The minimum Gasteiger partial charge on any atom is -0.358 e. The van der Waals surface area contributed by atoms with Crippen molar-refractivity contribution in [2.24, 2.45) is 0 Å². The molecule has 0 aromatic rings. The summed E-state index contributed by atoms with van der Waals surface area (Å²) in [7, 11) is 0. The third-order valence-electron chi connectivity index (χ3n) is 0. The molecule has 0 N–H and O–H groups in total.